The summed E-state index contributed by atoms with van der Waals surface area (Å²) in [6.07, 6.45) is 1.26. The van der Waals surface area contributed by atoms with Crippen LogP contribution in [-0.2, 0) is 4.79 Å². The largest absolute Gasteiger partial charge is 0.496 e. The molecule has 0 spiro atoms. The predicted molar refractivity (Wildman–Crippen MR) is 138 cm³/mol. The predicted octanol–water partition coefficient (Wildman–Crippen LogP) is 4.69. The molecule has 0 aliphatic carbocycles. The van der Waals surface area contributed by atoms with Crippen LogP contribution in [0.15, 0.2) is 70.8 Å². The third kappa shape index (κ3) is 6.67. The summed E-state index contributed by atoms with van der Waals surface area (Å²) in [6.45, 7) is 0. The Labute approximate surface area is 218 Å². The fourth-order valence-corrected chi connectivity index (χ4v) is 3.68. The number of methoxy groups -OCH3 is 2. The number of non-ortho nitro benzene ring substituents is 2. The number of amides is 2. The van der Waals surface area contributed by atoms with Gasteiger partial charge in [0.15, 0.2) is 0 Å². The van der Waals surface area contributed by atoms with Crippen LogP contribution in [0, 0.1) is 20.2 Å². The molecular weight excluding hydrogens is 552 g/mol. The number of rotatable bonds is 9. The Hall–Kier alpha value is -4.78. The zero-order valence-corrected chi connectivity index (χ0v) is 21.0. The van der Waals surface area contributed by atoms with Crippen LogP contribution in [-0.4, -0.2) is 35.9 Å². The number of halogens is 1. The fourth-order valence-electron chi connectivity index (χ4n) is 3.14. The number of hydrogen-bond acceptors (Lipinski definition) is 8. The van der Waals surface area contributed by atoms with E-state index in [0.717, 1.165) is 6.07 Å². The molecule has 0 radical (unpaired) electrons. The van der Waals surface area contributed by atoms with Crippen molar-refractivity contribution >= 4 is 50.9 Å². The number of benzene rings is 3. The number of nitrogens with zero attached hydrogens (tertiary/aromatic N) is 2. The van der Waals surface area contributed by atoms with E-state index in [1.54, 1.807) is 6.07 Å². The Morgan fingerprint density at radius 2 is 1.57 bits per heavy atom. The topological polar surface area (TPSA) is 163 Å². The van der Waals surface area contributed by atoms with Crippen molar-refractivity contribution in [2.24, 2.45) is 0 Å². The first-order chi connectivity index (χ1) is 17.6. The highest BCUT2D eigenvalue weighted by molar-refractivity contribution is 9.10. The molecule has 190 valence electrons. The van der Waals surface area contributed by atoms with Gasteiger partial charge in [-0.05, 0) is 51.8 Å². The lowest BCUT2D eigenvalue weighted by molar-refractivity contribution is -0.385. The molecule has 0 fully saturated rings. The highest BCUT2D eigenvalue weighted by Gasteiger charge is 2.19. The van der Waals surface area contributed by atoms with Crippen LogP contribution in [0.4, 0.5) is 17.1 Å². The van der Waals surface area contributed by atoms with Gasteiger partial charge in [-0.3, -0.25) is 29.8 Å². The quantitative estimate of drug-likeness (QED) is 0.212. The van der Waals surface area contributed by atoms with E-state index >= 15 is 0 Å². The Kier molecular flexibility index (Phi) is 8.53. The maximum absolute atomic E-state index is 13.2. The molecule has 0 saturated carbocycles. The molecule has 2 N–H and O–H groups in total. The molecule has 37 heavy (non-hydrogen) atoms. The lowest BCUT2D eigenvalue weighted by Gasteiger charge is -2.14. The summed E-state index contributed by atoms with van der Waals surface area (Å²) in [7, 11) is 2.74. The minimum Gasteiger partial charge on any atom is -0.496 e. The van der Waals surface area contributed by atoms with Crippen molar-refractivity contribution < 1.29 is 28.9 Å². The summed E-state index contributed by atoms with van der Waals surface area (Å²) in [5.41, 5.74) is -0.150. The number of nitrogens with one attached hydrogen (secondary N) is 2. The van der Waals surface area contributed by atoms with Gasteiger partial charge in [-0.25, -0.2) is 0 Å². The van der Waals surface area contributed by atoms with Crippen molar-refractivity contribution in [3.8, 4) is 11.5 Å². The molecule has 0 saturated heterocycles. The Morgan fingerprint density at radius 3 is 2.19 bits per heavy atom. The summed E-state index contributed by atoms with van der Waals surface area (Å²) in [5, 5.41) is 27.3. The third-order valence-corrected chi connectivity index (χ3v) is 5.56. The number of hydrogen-bond donors (Lipinski definition) is 2. The highest BCUT2D eigenvalue weighted by atomic mass is 79.9. The lowest BCUT2D eigenvalue weighted by atomic mass is 10.1. The smallest absolute Gasteiger partial charge is 0.273 e. The van der Waals surface area contributed by atoms with Gasteiger partial charge in [0, 0.05) is 23.8 Å². The van der Waals surface area contributed by atoms with Gasteiger partial charge >= 0.3 is 0 Å². The van der Waals surface area contributed by atoms with Gasteiger partial charge in [0.2, 0.25) is 0 Å². The van der Waals surface area contributed by atoms with Crippen LogP contribution in [0.2, 0.25) is 0 Å². The Morgan fingerprint density at radius 1 is 0.892 bits per heavy atom. The van der Waals surface area contributed by atoms with E-state index in [1.165, 1.54) is 68.8 Å². The van der Waals surface area contributed by atoms with Gasteiger partial charge in [0.25, 0.3) is 23.2 Å². The first kappa shape index (κ1) is 26.8. The van der Waals surface area contributed by atoms with Crippen LogP contribution < -0.4 is 20.1 Å². The van der Waals surface area contributed by atoms with Crippen molar-refractivity contribution in [2.75, 3.05) is 19.5 Å². The molecule has 0 aromatic heterocycles. The van der Waals surface area contributed by atoms with Gasteiger partial charge < -0.3 is 20.1 Å². The van der Waals surface area contributed by atoms with Crippen LogP contribution in [0.1, 0.15) is 15.9 Å². The molecule has 0 aliphatic rings. The number of carbonyl (C=O) groups excluding carboxylic acids is 2. The van der Waals surface area contributed by atoms with Crippen molar-refractivity contribution in [1.29, 1.82) is 0 Å². The zero-order chi connectivity index (χ0) is 27.1. The average Bonchev–Trinajstić information content (AvgIpc) is 2.88. The monoisotopic (exact) mass is 570 g/mol. The molecule has 13 heteroatoms. The molecular formula is C24H19BrN4O8. The maximum Gasteiger partial charge on any atom is 0.273 e. The Balaban J connectivity index is 1.98. The highest BCUT2D eigenvalue weighted by Crippen LogP contribution is 2.30. The number of nitro benzene ring substituents is 2. The molecule has 0 aliphatic heterocycles. The summed E-state index contributed by atoms with van der Waals surface area (Å²) in [4.78, 5) is 47.2. The van der Waals surface area contributed by atoms with E-state index < -0.39 is 21.7 Å². The van der Waals surface area contributed by atoms with Crippen LogP contribution in [0.25, 0.3) is 6.08 Å². The number of ether oxygens (including phenoxy) is 2. The number of nitro groups is 2. The normalized spacial score (nSPS) is 10.8. The standard InChI is InChI=1S/C24H19BrN4O8/c1-36-21-9-6-15(12-18(21)25)23(30)27-20(11-14-4-3-5-16(10-14)28(32)33)24(31)26-19-8-7-17(29(34)35)13-22(19)37-2/h3-13H,1-2H3,(H,26,31)(H,27,30). The van der Waals surface area contributed by atoms with E-state index in [2.05, 4.69) is 26.6 Å². The molecule has 0 bridgehead atoms. The number of anilines is 1. The zero-order valence-electron chi connectivity index (χ0n) is 19.4. The second kappa shape index (κ2) is 11.8. The molecule has 3 aromatic rings. The number of carbonyl (C=O) groups is 2. The minimum atomic E-state index is -0.806. The second-order valence-corrected chi connectivity index (χ2v) is 8.16. The van der Waals surface area contributed by atoms with Crippen molar-refractivity contribution in [3.05, 3.63) is 102 Å². The fraction of sp³-hybridized carbons (Fsp3) is 0.0833. The maximum atomic E-state index is 13.2. The first-order valence-electron chi connectivity index (χ1n) is 10.4. The van der Waals surface area contributed by atoms with Gasteiger partial charge in [0.1, 0.15) is 17.2 Å². The van der Waals surface area contributed by atoms with Gasteiger partial charge in [-0.2, -0.15) is 0 Å². The van der Waals surface area contributed by atoms with Crippen molar-refractivity contribution in [2.45, 2.75) is 0 Å². The van der Waals surface area contributed by atoms with Crippen LogP contribution >= 0.6 is 15.9 Å². The SMILES string of the molecule is COc1ccc(C(=O)NC(=Cc2cccc([N+](=O)[O-])c2)C(=O)Nc2ccc([N+](=O)[O-])cc2OC)cc1Br. The lowest BCUT2D eigenvalue weighted by Crippen LogP contribution is -2.30. The van der Waals surface area contributed by atoms with E-state index in [1.807, 2.05) is 0 Å². The summed E-state index contributed by atoms with van der Waals surface area (Å²) in [5.74, 6) is -0.944. The van der Waals surface area contributed by atoms with Crippen LogP contribution in [0.3, 0.4) is 0 Å². The van der Waals surface area contributed by atoms with E-state index in [4.69, 9.17) is 9.47 Å². The Bertz CT molecular complexity index is 1420. The van der Waals surface area contributed by atoms with Gasteiger partial charge in [0.05, 0.1) is 40.3 Å². The van der Waals surface area contributed by atoms with Gasteiger partial charge in [-0.15, -0.1) is 0 Å². The molecule has 0 atom stereocenters. The molecule has 12 nitrogen and oxygen atoms in total. The average molecular weight is 571 g/mol. The van der Waals surface area contributed by atoms with E-state index in [0.29, 0.717) is 10.2 Å². The summed E-state index contributed by atoms with van der Waals surface area (Å²) < 4.78 is 10.8. The molecule has 3 aromatic carbocycles. The van der Waals surface area contributed by atoms with E-state index in [9.17, 15) is 29.8 Å². The summed E-state index contributed by atoms with van der Waals surface area (Å²) in [6, 6.07) is 13.6. The first-order valence-corrected chi connectivity index (χ1v) is 11.2. The molecule has 0 unspecified atom stereocenters. The van der Waals surface area contributed by atoms with E-state index in [-0.39, 0.29) is 39.6 Å². The van der Waals surface area contributed by atoms with Crippen LogP contribution in [0.5, 0.6) is 11.5 Å². The second-order valence-electron chi connectivity index (χ2n) is 7.31. The molecule has 0 heterocycles. The molecule has 3 rings (SSSR count). The van der Waals surface area contributed by atoms with Crippen molar-refractivity contribution in [3.63, 3.8) is 0 Å². The minimum absolute atomic E-state index is 0.0164. The van der Waals surface area contributed by atoms with Crippen molar-refractivity contribution in [1.82, 2.24) is 5.32 Å². The molecule has 2 amide bonds. The third-order valence-electron chi connectivity index (χ3n) is 4.94. The van der Waals surface area contributed by atoms with Gasteiger partial charge in [-0.1, -0.05) is 12.1 Å². The summed E-state index contributed by atoms with van der Waals surface area (Å²) >= 11 is 3.30.